The Morgan fingerprint density at radius 3 is 2.80 bits per heavy atom. The molecule has 0 aromatic heterocycles. The first kappa shape index (κ1) is 7.48. The molecule has 0 bridgehead atoms. The zero-order chi connectivity index (χ0) is 7.56. The van der Waals surface area contributed by atoms with E-state index < -0.39 is 0 Å². The van der Waals surface area contributed by atoms with E-state index in [4.69, 9.17) is 5.73 Å². The molecule has 2 N–H and O–H groups in total. The fourth-order valence-corrected chi connectivity index (χ4v) is 1.01. The summed E-state index contributed by atoms with van der Waals surface area (Å²) in [5.74, 6) is 0.684. The summed E-state index contributed by atoms with van der Waals surface area (Å²) in [5, 5.41) is 0. The number of nitrogens with two attached hydrogens (primary N) is 1. The van der Waals surface area contributed by atoms with Gasteiger partial charge in [0.2, 0.25) is 0 Å². The van der Waals surface area contributed by atoms with Crippen LogP contribution in [0.1, 0.15) is 19.3 Å². The summed E-state index contributed by atoms with van der Waals surface area (Å²) in [6, 6.07) is 0.0884. The second-order valence-electron chi connectivity index (χ2n) is 2.88. The second kappa shape index (κ2) is 2.97. The lowest BCUT2D eigenvalue weighted by molar-refractivity contribution is -0.115. The van der Waals surface area contributed by atoms with Gasteiger partial charge in [-0.2, -0.15) is 0 Å². The predicted octanol–water partition coefficient (Wildman–Crippen LogP) is 0.869. The van der Waals surface area contributed by atoms with Crippen molar-refractivity contribution >= 4 is 5.78 Å². The molecule has 0 amide bonds. The van der Waals surface area contributed by atoms with Crippen molar-refractivity contribution < 1.29 is 4.79 Å². The number of ketones is 1. The molecule has 0 aliphatic heterocycles. The molecule has 10 heavy (non-hydrogen) atoms. The van der Waals surface area contributed by atoms with Crippen molar-refractivity contribution in [3.8, 4) is 0 Å². The Morgan fingerprint density at radius 1 is 1.80 bits per heavy atom. The van der Waals surface area contributed by atoms with E-state index in [1.807, 2.05) is 0 Å². The van der Waals surface area contributed by atoms with Crippen LogP contribution in [0.25, 0.3) is 0 Å². The summed E-state index contributed by atoms with van der Waals surface area (Å²) in [6.07, 6.45) is 4.23. The Labute approximate surface area is 61.1 Å². The first-order chi connectivity index (χ1) is 4.74. The molecule has 0 heterocycles. The van der Waals surface area contributed by atoms with Gasteiger partial charge in [-0.25, -0.2) is 0 Å². The van der Waals surface area contributed by atoms with Gasteiger partial charge in [-0.05, 0) is 24.8 Å². The molecule has 0 aromatic carbocycles. The van der Waals surface area contributed by atoms with E-state index in [2.05, 4.69) is 6.58 Å². The zero-order valence-corrected chi connectivity index (χ0v) is 6.05. The van der Waals surface area contributed by atoms with Crippen molar-refractivity contribution in [2.75, 3.05) is 0 Å². The van der Waals surface area contributed by atoms with Gasteiger partial charge in [-0.3, -0.25) is 4.79 Å². The Kier molecular flexibility index (Phi) is 2.22. The van der Waals surface area contributed by atoms with Gasteiger partial charge < -0.3 is 5.73 Å². The maximum Gasteiger partial charge on any atom is 0.156 e. The molecule has 2 nitrogen and oxygen atoms in total. The number of hydrogen-bond acceptors (Lipinski definition) is 2. The van der Waals surface area contributed by atoms with Crippen LogP contribution in [0, 0.1) is 5.92 Å². The smallest absolute Gasteiger partial charge is 0.156 e. The highest BCUT2D eigenvalue weighted by Gasteiger charge is 2.28. The lowest BCUT2D eigenvalue weighted by atomic mass is 10.1. The molecule has 0 radical (unpaired) electrons. The SMILES string of the molecule is C=CC(=O)CC(N)C1CC1. The maximum absolute atomic E-state index is 10.8. The van der Waals surface area contributed by atoms with Crippen molar-refractivity contribution in [1.29, 1.82) is 0 Å². The third kappa shape index (κ3) is 1.95. The highest BCUT2D eigenvalue weighted by Crippen LogP contribution is 2.32. The quantitative estimate of drug-likeness (QED) is 0.587. The predicted molar refractivity (Wildman–Crippen MR) is 40.5 cm³/mol. The molecule has 1 fully saturated rings. The molecular formula is C8H13NO. The van der Waals surface area contributed by atoms with Gasteiger partial charge in [0.05, 0.1) is 0 Å². The Morgan fingerprint density at radius 2 is 2.40 bits per heavy atom. The summed E-state index contributed by atoms with van der Waals surface area (Å²) in [5.41, 5.74) is 5.69. The normalized spacial score (nSPS) is 20.1. The number of carbonyl (C=O) groups is 1. The van der Waals surface area contributed by atoms with Crippen LogP contribution in [-0.4, -0.2) is 11.8 Å². The summed E-state index contributed by atoms with van der Waals surface area (Å²) >= 11 is 0. The van der Waals surface area contributed by atoms with Gasteiger partial charge in [-0.1, -0.05) is 6.58 Å². The molecular weight excluding hydrogens is 126 g/mol. The van der Waals surface area contributed by atoms with Crippen LogP contribution >= 0.6 is 0 Å². The minimum absolute atomic E-state index is 0.0689. The molecule has 1 aliphatic rings. The van der Waals surface area contributed by atoms with E-state index in [1.54, 1.807) is 0 Å². The lowest BCUT2D eigenvalue weighted by Gasteiger charge is -2.05. The van der Waals surface area contributed by atoms with Crippen molar-refractivity contribution in [2.45, 2.75) is 25.3 Å². The van der Waals surface area contributed by atoms with E-state index in [0.717, 1.165) is 0 Å². The second-order valence-corrected chi connectivity index (χ2v) is 2.88. The standard InChI is InChI=1S/C8H13NO/c1-2-7(10)5-8(9)6-3-4-6/h2,6,8H,1,3-5,9H2. The Bertz CT molecular complexity index is 149. The monoisotopic (exact) mass is 139 g/mol. The summed E-state index contributed by atoms with van der Waals surface area (Å²) in [6.45, 7) is 3.39. The Balaban J connectivity index is 2.22. The van der Waals surface area contributed by atoms with Crippen LogP contribution in [0.5, 0.6) is 0 Å². The fourth-order valence-electron chi connectivity index (χ4n) is 1.01. The molecule has 2 heteroatoms. The molecule has 1 unspecified atom stereocenters. The third-order valence-electron chi connectivity index (χ3n) is 1.89. The topological polar surface area (TPSA) is 43.1 Å². The van der Waals surface area contributed by atoms with Crippen LogP contribution < -0.4 is 5.73 Å². The highest BCUT2D eigenvalue weighted by molar-refractivity contribution is 5.89. The van der Waals surface area contributed by atoms with Crippen LogP contribution in [0.3, 0.4) is 0 Å². The average molecular weight is 139 g/mol. The highest BCUT2D eigenvalue weighted by atomic mass is 16.1. The summed E-state index contributed by atoms with van der Waals surface area (Å²) in [7, 11) is 0. The van der Waals surface area contributed by atoms with Crippen molar-refractivity contribution in [1.82, 2.24) is 0 Å². The van der Waals surface area contributed by atoms with Crippen LogP contribution in [-0.2, 0) is 4.79 Å². The van der Waals surface area contributed by atoms with Gasteiger partial charge in [0, 0.05) is 12.5 Å². The van der Waals surface area contributed by atoms with E-state index >= 15 is 0 Å². The molecule has 1 saturated carbocycles. The Hall–Kier alpha value is -0.630. The minimum Gasteiger partial charge on any atom is -0.327 e. The van der Waals surface area contributed by atoms with E-state index in [0.29, 0.717) is 12.3 Å². The molecule has 1 rings (SSSR count). The van der Waals surface area contributed by atoms with Gasteiger partial charge >= 0.3 is 0 Å². The zero-order valence-electron chi connectivity index (χ0n) is 6.05. The average Bonchev–Trinajstić information content (AvgIpc) is 2.68. The summed E-state index contributed by atoms with van der Waals surface area (Å²) < 4.78 is 0. The van der Waals surface area contributed by atoms with Crippen LogP contribution in [0.15, 0.2) is 12.7 Å². The van der Waals surface area contributed by atoms with Crippen molar-refractivity contribution in [3.63, 3.8) is 0 Å². The first-order valence-electron chi connectivity index (χ1n) is 3.65. The van der Waals surface area contributed by atoms with E-state index in [-0.39, 0.29) is 11.8 Å². The third-order valence-corrected chi connectivity index (χ3v) is 1.89. The number of rotatable bonds is 4. The van der Waals surface area contributed by atoms with Crippen LogP contribution in [0.2, 0.25) is 0 Å². The van der Waals surface area contributed by atoms with Gasteiger partial charge in [0.25, 0.3) is 0 Å². The van der Waals surface area contributed by atoms with Crippen LogP contribution in [0.4, 0.5) is 0 Å². The van der Waals surface area contributed by atoms with E-state index in [9.17, 15) is 4.79 Å². The number of carbonyl (C=O) groups excluding carboxylic acids is 1. The first-order valence-corrected chi connectivity index (χ1v) is 3.65. The van der Waals surface area contributed by atoms with Crippen molar-refractivity contribution in [2.24, 2.45) is 11.7 Å². The van der Waals surface area contributed by atoms with Crippen molar-refractivity contribution in [3.05, 3.63) is 12.7 Å². The van der Waals surface area contributed by atoms with Gasteiger partial charge in [0.15, 0.2) is 5.78 Å². The lowest BCUT2D eigenvalue weighted by Crippen LogP contribution is -2.25. The molecule has 1 atom stereocenters. The molecule has 1 aliphatic carbocycles. The summed E-state index contributed by atoms with van der Waals surface area (Å²) in [4.78, 5) is 10.8. The largest absolute Gasteiger partial charge is 0.327 e. The molecule has 0 saturated heterocycles. The number of allylic oxidation sites excluding steroid dienone is 1. The maximum atomic E-state index is 10.8. The minimum atomic E-state index is 0.0689. The molecule has 0 spiro atoms. The number of hydrogen-bond donors (Lipinski definition) is 1. The molecule has 0 aromatic rings. The fraction of sp³-hybridized carbons (Fsp3) is 0.625. The van der Waals surface area contributed by atoms with E-state index in [1.165, 1.54) is 18.9 Å². The molecule has 56 valence electrons. The van der Waals surface area contributed by atoms with Gasteiger partial charge in [-0.15, -0.1) is 0 Å². The van der Waals surface area contributed by atoms with Gasteiger partial charge in [0.1, 0.15) is 0 Å².